The summed E-state index contributed by atoms with van der Waals surface area (Å²) in [5.41, 5.74) is 5.66. The van der Waals surface area contributed by atoms with Gasteiger partial charge in [0, 0.05) is 28.0 Å². The number of hydrogen-bond acceptors (Lipinski definition) is 4. The highest BCUT2D eigenvalue weighted by Gasteiger charge is 2.39. The minimum Gasteiger partial charge on any atom is -0.493 e. The summed E-state index contributed by atoms with van der Waals surface area (Å²) in [5.74, 6) is 1.72. The Morgan fingerprint density at radius 1 is 1.11 bits per heavy atom. The van der Waals surface area contributed by atoms with Crippen LogP contribution in [0.15, 0.2) is 40.2 Å². The number of benzene rings is 2. The van der Waals surface area contributed by atoms with Gasteiger partial charge in [-0.2, -0.15) is 0 Å². The quantitative estimate of drug-likeness (QED) is 0.598. The summed E-state index contributed by atoms with van der Waals surface area (Å²) < 4.78 is 12.0. The fraction of sp³-hybridized carbons (Fsp3) is 0.435. The maximum Gasteiger partial charge on any atom is 0.166 e. The number of fused-ring (bicyclic) bond motifs is 3. The molecule has 0 aromatic heterocycles. The first kappa shape index (κ1) is 21.1. The molecule has 2 heterocycles. The predicted molar refractivity (Wildman–Crippen MR) is 120 cm³/mol. The van der Waals surface area contributed by atoms with Crippen molar-refractivity contribution >= 4 is 29.9 Å². The van der Waals surface area contributed by atoms with E-state index in [0.29, 0.717) is 0 Å². The van der Waals surface area contributed by atoms with Gasteiger partial charge in [0.15, 0.2) is 11.5 Å². The molecule has 0 N–H and O–H groups in total. The molecule has 4 rings (SSSR count). The summed E-state index contributed by atoms with van der Waals surface area (Å²) in [5, 5.41) is 0. The van der Waals surface area contributed by atoms with E-state index in [1.807, 2.05) is 0 Å². The molecule has 2 aromatic rings. The molecular weight excluding hydrogens is 390 g/mol. The maximum absolute atomic E-state index is 6.28. The second-order valence-electron chi connectivity index (χ2n) is 8.64. The lowest BCUT2D eigenvalue weighted by molar-refractivity contribution is 0.134. The summed E-state index contributed by atoms with van der Waals surface area (Å²) in [7, 11) is 1.72. The first-order valence-corrected chi connectivity index (χ1v) is 10.6. The molecule has 0 spiro atoms. The minimum atomic E-state index is -0.232. The first-order valence-electron chi connectivity index (χ1n) is 9.39. The second-order valence-corrected chi connectivity index (χ2v) is 9.52. The Balaban J connectivity index is 0.00000225. The molecule has 150 valence electrons. The van der Waals surface area contributed by atoms with Gasteiger partial charge in [-0.25, -0.2) is 0 Å². The molecule has 0 fully saturated rings. The molecule has 0 saturated carbocycles. The normalized spacial score (nSPS) is 18.3. The second kappa shape index (κ2) is 7.31. The van der Waals surface area contributed by atoms with E-state index in [9.17, 15) is 0 Å². The lowest BCUT2D eigenvalue weighted by Gasteiger charge is -2.31. The summed E-state index contributed by atoms with van der Waals surface area (Å²) >= 11 is 1.76. The van der Waals surface area contributed by atoms with Crippen molar-refractivity contribution in [2.75, 3.05) is 13.4 Å². The number of ether oxygens (including phenoxy) is 2. The molecular formula is C23H28ClNO2S. The molecule has 28 heavy (non-hydrogen) atoms. The fourth-order valence-electron chi connectivity index (χ4n) is 4.20. The van der Waals surface area contributed by atoms with Crippen LogP contribution >= 0.6 is 24.2 Å². The topological polar surface area (TPSA) is 30.8 Å². The zero-order valence-electron chi connectivity index (χ0n) is 17.4. The Hall–Kier alpha value is -1.65. The van der Waals surface area contributed by atoms with Gasteiger partial charge in [-0.1, -0.05) is 12.1 Å². The molecule has 0 radical (unpaired) electrons. The summed E-state index contributed by atoms with van der Waals surface area (Å²) in [6.45, 7) is 8.68. The van der Waals surface area contributed by atoms with Crippen LogP contribution in [0.5, 0.6) is 11.5 Å². The van der Waals surface area contributed by atoms with Crippen LogP contribution in [0.4, 0.5) is 0 Å². The maximum atomic E-state index is 6.28. The van der Waals surface area contributed by atoms with Gasteiger partial charge in [-0.3, -0.25) is 4.99 Å². The first-order chi connectivity index (χ1) is 12.7. The van der Waals surface area contributed by atoms with Gasteiger partial charge in [-0.05, 0) is 64.1 Å². The average Bonchev–Trinajstić information content (AvgIpc) is 2.94. The number of nitrogens with zero attached hydrogens (tertiary/aromatic N) is 1. The van der Waals surface area contributed by atoms with Gasteiger partial charge in [0.2, 0.25) is 0 Å². The van der Waals surface area contributed by atoms with E-state index in [1.165, 1.54) is 27.1 Å². The van der Waals surface area contributed by atoms with Gasteiger partial charge < -0.3 is 9.47 Å². The number of methoxy groups -OCH3 is 1. The highest BCUT2D eigenvalue weighted by molar-refractivity contribution is 7.98. The highest BCUT2D eigenvalue weighted by atomic mass is 35.5. The molecule has 5 heteroatoms. The van der Waals surface area contributed by atoms with Crippen molar-refractivity contribution in [3.63, 3.8) is 0 Å². The van der Waals surface area contributed by atoms with Gasteiger partial charge >= 0.3 is 0 Å². The number of thioether (sulfide) groups is 1. The van der Waals surface area contributed by atoms with E-state index in [0.717, 1.165) is 30.1 Å². The van der Waals surface area contributed by atoms with Crippen molar-refractivity contribution in [3.05, 3.63) is 52.6 Å². The highest BCUT2D eigenvalue weighted by Crippen LogP contribution is 2.47. The number of hydrogen-bond donors (Lipinski definition) is 0. The Bertz CT molecular complexity index is 950. The van der Waals surface area contributed by atoms with Crippen LogP contribution in [0, 0.1) is 0 Å². The van der Waals surface area contributed by atoms with Gasteiger partial charge in [-0.15, -0.1) is 24.2 Å². The van der Waals surface area contributed by atoms with Crippen molar-refractivity contribution in [3.8, 4) is 11.5 Å². The monoisotopic (exact) mass is 417 g/mol. The van der Waals surface area contributed by atoms with E-state index in [1.54, 1.807) is 18.9 Å². The van der Waals surface area contributed by atoms with E-state index >= 15 is 0 Å². The molecule has 0 unspecified atom stereocenters. The van der Waals surface area contributed by atoms with E-state index < -0.39 is 0 Å². The molecule has 0 atom stereocenters. The molecule has 0 aliphatic carbocycles. The SMILES string of the molecule is COc1cc2c(c3c1OC(C)(C)C3)C(c1cccc(SC)c1)=NC(C)(C)C2.Cl. The molecule has 2 aliphatic heterocycles. The number of aliphatic imine (C=N–C) groups is 1. The smallest absolute Gasteiger partial charge is 0.166 e. The van der Waals surface area contributed by atoms with E-state index in [4.69, 9.17) is 14.5 Å². The molecule has 2 aromatic carbocycles. The van der Waals surface area contributed by atoms with Crippen molar-refractivity contribution in [2.45, 2.75) is 56.6 Å². The van der Waals surface area contributed by atoms with Crippen molar-refractivity contribution in [1.29, 1.82) is 0 Å². The van der Waals surface area contributed by atoms with E-state index in [2.05, 4.69) is 64.3 Å². The average molecular weight is 418 g/mol. The molecule has 0 bridgehead atoms. The third-order valence-corrected chi connectivity index (χ3v) is 5.97. The third kappa shape index (κ3) is 3.65. The molecule has 2 aliphatic rings. The van der Waals surface area contributed by atoms with Gasteiger partial charge in [0.25, 0.3) is 0 Å². The fourth-order valence-corrected chi connectivity index (χ4v) is 4.66. The molecule has 0 saturated heterocycles. The van der Waals surface area contributed by atoms with Crippen molar-refractivity contribution in [1.82, 2.24) is 0 Å². The zero-order valence-corrected chi connectivity index (χ0v) is 19.0. The van der Waals surface area contributed by atoms with Gasteiger partial charge in [0.05, 0.1) is 18.4 Å². The Morgan fingerprint density at radius 3 is 2.54 bits per heavy atom. The third-order valence-electron chi connectivity index (χ3n) is 5.24. The van der Waals surface area contributed by atoms with Crippen LogP contribution in [0.1, 0.15) is 49.9 Å². The van der Waals surface area contributed by atoms with Crippen molar-refractivity contribution < 1.29 is 9.47 Å². The van der Waals surface area contributed by atoms with Crippen molar-refractivity contribution in [2.24, 2.45) is 4.99 Å². The summed E-state index contributed by atoms with van der Waals surface area (Å²) in [6, 6.07) is 10.8. The molecule has 0 amide bonds. The van der Waals surface area contributed by atoms with Crippen LogP contribution in [-0.2, 0) is 12.8 Å². The zero-order chi connectivity index (χ0) is 19.4. The predicted octanol–water partition coefficient (Wildman–Crippen LogP) is 5.72. The Morgan fingerprint density at radius 2 is 1.86 bits per heavy atom. The van der Waals surface area contributed by atoms with Crippen LogP contribution in [0.25, 0.3) is 0 Å². The number of rotatable bonds is 3. The summed E-state index contributed by atoms with van der Waals surface area (Å²) in [6.07, 6.45) is 3.88. The van der Waals surface area contributed by atoms with Crippen LogP contribution in [0.2, 0.25) is 0 Å². The van der Waals surface area contributed by atoms with E-state index in [-0.39, 0.29) is 23.5 Å². The lowest BCUT2D eigenvalue weighted by atomic mass is 9.81. The van der Waals surface area contributed by atoms with Crippen LogP contribution < -0.4 is 9.47 Å². The minimum absolute atomic E-state index is 0. The molecule has 3 nitrogen and oxygen atoms in total. The van der Waals surface area contributed by atoms with Gasteiger partial charge in [0.1, 0.15) is 5.60 Å². The Labute approximate surface area is 178 Å². The lowest BCUT2D eigenvalue weighted by Crippen LogP contribution is -2.30. The summed E-state index contributed by atoms with van der Waals surface area (Å²) in [4.78, 5) is 6.44. The largest absolute Gasteiger partial charge is 0.493 e. The Kier molecular flexibility index (Phi) is 5.50. The van der Waals surface area contributed by atoms with Crippen LogP contribution in [-0.4, -0.2) is 30.2 Å². The number of halogens is 1. The van der Waals surface area contributed by atoms with Crippen LogP contribution in [0.3, 0.4) is 0 Å². The standard InChI is InChI=1S/C23H27NO2S.ClH/c1-22(2)12-15-11-18(25-5)21-17(13-23(3,4)26-21)19(15)20(24-22)14-8-7-9-16(10-14)27-6;/h7-11H,12-13H2,1-6H3;1H.